The molecule has 4 heteroatoms. The van der Waals surface area contributed by atoms with Crippen LogP contribution in [0.25, 0.3) is 0 Å². The predicted molar refractivity (Wildman–Crippen MR) is 59.0 cm³/mol. The molecule has 1 atom stereocenters. The van der Waals surface area contributed by atoms with Crippen molar-refractivity contribution in [1.82, 2.24) is 4.90 Å². The van der Waals surface area contributed by atoms with Crippen LogP contribution in [0.3, 0.4) is 0 Å². The van der Waals surface area contributed by atoms with E-state index in [-0.39, 0.29) is 17.8 Å². The largest absolute Gasteiger partial charge is 0.378 e. The lowest BCUT2D eigenvalue weighted by molar-refractivity contribution is -0.140. The van der Waals surface area contributed by atoms with Crippen LogP contribution in [0.5, 0.6) is 0 Å². The average molecular weight is 225 g/mol. The van der Waals surface area contributed by atoms with E-state index in [4.69, 9.17) is 4.74 Å². The highest BCUT2D eigenvalue weighted by molar-refractivity contribution is 5.87. The van der Waals surface area contributed by atoms with Crippen molar-refractivity contribution in [3.63, 3.8) is 0 Å². The highest BCUT2D eigenvalue weighted by atomic mass is 16.5. The lowest BCUT2D eigenvalue weighted by atomic mass is 10.0. The second-order valence-corrected chi connectivity index (χ2v) is 4.65. The van der Waals surface area contributed by atoms with Gasteiger partial charge in [0.25, 0.3) is 0 Å². The Kier molecular flexibility index (Phi) is 3.93. The van der Waals surface area contributed by atoms with Gasteiger partial charge in [0.15, 0.2) is 5.78 Å². The summed E-state index contributed by atoms with van der Waals surface area (Å²) in [6.45, 7) is 1.82. The van der Waals surface area contributed by atoms with Crippen LogP contribution in [0.1, 0.15) is 38.5 Å². The monoisotopic (exact) mass is 225 g/mol. The number of ketones is 1. The van der Waals surface area contributed by atoms with Crippen molar-refractivity contribution in [2.75, 3.05) is 19.7 Å². The van der Waals surface area contributed by atoms with Crippen LogP contribution in [0, 0.1) is 0 Å². The van der Waals surface area contributed by atoms with E-state index in [0.717, 1.165) is 38.8 Å². The number of hydrogen-bond acceptors (Lipinski definition) is 3. The Morgan fingerprint density at radius 2 is 2.25 bits per heavy atom. The first-order valence-electron chi connectivity index (χ1n) is 6.17. The number of nitrogens with zero attached hydrogens (tertiary/aromatic N) is 1. The van der Waals surface area contributed by atoms with Crippen molar-refractivity contribution in [2.45, 2.75) is 44.6 Å². The van der Waals surface area contributed by atoms with E-state index in [1.165, 1.54) is 0 Å². The number of Topliss-reactive ketones (excluding diaryl/α,β-unsaturated/α-hetero) is 1. The van der Waals surface area contributed by atoms with Gasteiger partial charge < -0.3 is 9.64 Å². The molecule has 2 rings (SSSR count). The van der Waals surface area contributed by atoms with Gasteiger partial charge in [-0.1, -0.05) is 0 Å². The van der Waals surface area contributed by atoms with Gasteiger partial charge in [-0.2, -0.15) is 0 Å². The topological polar surface area (TPSA) is 46.6 Å². The maximum atomic E-state index is 11.9. The van der Waals surface area contributed by atoms with Gasteiger partial charge in [-0.3, -0.25) is 9.59 Å². The zero-order valence-electron chi connectivity index (χ0n) is 9.61. The smallest absolute Gasteiger partial charge is 0.225 e. The predicted octanol–water partition coefficient (Wildman–Crippen LogP) is 1.14. The Bertz CT molecular complexity index is 271. The standard InChI is InChI=1S/C12H19NO3/c14-10-4-3-6-13(9-10)12(15)8-11-5-1-2-7-16-11/h11H,1-9H2. The molecule has 0 spiro atoms. The van der Waals surface area contributed by atoms with Gasteiger partial charge in [-0.25, -0.2) is 0 Å². The third kappa shape index (κ3) is 3.04. The molecular formula is C12H19NO3. The Morgan fingerprint density at radius 1 is 1.38 bits per heavy atom. The maximum absolute atomic E-state index is 11.9. The van der Waals surface area contributed by atoms with Gasteiger partial charge >= 0.3 is 0 Å². The number of carbonyl (C=O) groups is 2. The molecule has 0 saturated carbocycles. The summed E-state index contributed by atoms with van der Waals surface area (Å²) >= 11 is 0. The van der Waals surface area contributed by atoms with E-state index in [0.29, 0.717) is 19.4 Å². The third-order valence-corrected chi connectivity index (χ3v) is 3.28. The van der Waals surface area contributed by atoms with Gasteiger partial charge in [-0.15, -0.1) is 0 Å². The maximum Gasteiger partial charge on any atom is 0.225 e. The minimum absolute atomic E-state index is 0.0817. The fourth-order valence-electron chi connectivity index (χ4n) is 2.34. The first-order chi connectivity index (χ1) is 7.75. The Morgan fingerprint density at radius 3 is 2.94 bits per heavy atom. The molecule has 0 aliphatic carbocycles. The average Bonchev–Trinajstić information content (AvgIpc) is 2.30. The molecule has 0 aromatic rings. The fraction of sp³-hybridized carbons (Fsp3) is 0.833. The second-order valence-electron chi connectivity index (χ2n) is 4.65. The summed E-state index contributed by atoms with van der Waals surface area (Å²) in [5, 5.41) is 0. The summed E-state index contributed by atoms with van der Waals surface area (Å²) in [7, 11) is 0. The summed E-state index contributed by atoms with van der Waals surface area (Å²) < 4.78 is 5.53. The van der Waals surface area contributed by atoms with E-state index in [1.807, 2.05) is 0 Å². The van der Waals surface area contributed by atoms with Crippen LogP contribution in [-0.2, 0) is 14.3 Å². The van der Waals surface area contributed by atoms with E-state index in [1.54, 1.807) is 4.90 Å². The van der Waals surface area contributed by atoms with E-state index >= 15 is 0 Å². The zero-order valence-corrected chi connectivity index (χ0v) is 9.61. The van der Waals surface area contributed by atoms with E-state index < -0.39 is 0 Å². The van der Waals surface area contributed by atoms with Crippen molar-refractivity contribution in [3.05, 3.63) is 0 Å². The van der Waals surface area contributed by atoms with Crippen LogP contribution in [0.2, 0.25) is 0 Å². The van der Waals surface area contributed by atoms with E-state index in [2.05, 4.69) is 0 Å². The number of hydrogen-bond donors (Lipinski definition) is 0. The second kappa shape index (κ2) is 5.43. The number of piperidine rings is 1. The van der Waals surface area contributed by atoms with Gasteiger partial charge in [0, 0.05) is 19.6 Å². The highest BCUT2D eigenvalue weighted by Crippen LogP contribution is 2.17. The molecule has 2 heterocycles. The molecule has 4 nitrogen and oxygen atoms in total. The van der Waals surface area contributed by atoms with Crippen LogP contribution in [-0.4, -0.2) is 42.4 Å². The van der Waals surface area contributed by atoms with Crippen LogP contribution in [0.4, 0.5) is 0 Å². The van der Waals surface area contributed by atoms with Crippen molar-refractivity contribution < 1.29 is 14.3 Å². The summed E-state index contributed by atoms with van der Waals surface area (Å²) in [4.78, 5) is 24.8. The molecule has 2 aliphatic heterocycles. The lowest BCUT2D eigenvalue weighted by Gasteiger charge is -2.29. The number of amides is 1. The summed E-state index contributed by atoms with van der Waals surface area (Å²) in [6, 6.07) is 0. The third-order valence-electron chi connectivity index (χ3n) is 3.28. The van der Waals surface area contributed by atoms with Crippen LogP contribution in [0.15, 0.2) is 0 Å². The highest BCUT2D eigenvalue weighted by Gasteiger charge is 2.25. The molecule has 2 saturated heterocycles. The van der Waals surface area contributed by atoms with Gasteiger partial charge in [0.05, 0.1) is 19.1 Å². The molecule has 0 radical (unpaired) electrons. The Hall–Kier alpha value is -0.900. The minimum atomic E-state index is 0.0817. The van der Waals surface area contributed by atoms with Gasteiger partial charge in [0.1, 0.15) is 0 Å². The Labute approximate surface area is 95.9 Å². The molecule has 1 amide bonds. The molecule has 1 unspecified atom stereocenters. The number of likely N-dealkylation sites (tertiary alicyclic amines) is 1. The molecule has 0 bridgehead atoms. The quantitative estimate of drug-likeness (QED) is 0.708. The van der Waals surface area contributed by atoms with Crippen molar-refractivity contribution in [1.29, 1.82) is 0 Å². The number of ether oxygens (including phenoxy) is 1. The summed E-state index contributed by atoms with van der Waals surface area (Å²) in [6.07, 6.45) is 5.21. The van der Waals surface area contributed by atoms with Crippen LogP contribution < -0.4 is 0 Å². The zero-order chi connectivity index (χ0) is 11.4. The Balaban J connectivity index is 1.79. The molecule has 16 heavy (non-hydrogen) atoms. The van der Waals surface area contributed by atoms with Crippen molar-refractivity contribution >= 4 is 11.7 Å². The molecule has 2 fully saturated rings. The fourth-order valence-corrected chi connectivity index (χ4v) is 2.34. The van der Waals surface area contributed by atoms with E-state index in [9.17, 15) is 9.59 Å². The van der Waals surface area contributed by atoms with Crippen molar-refractivity contribution in [2.24, 2.45) is 0 Å². The number of carbonyl (C=O) groups excluding carboxylic acids is 2. The SMILES string of the molecule is O=C1CCCN(C(=O)CC2CCCCO2)C1. The van der Waals surface area contributed by atoms with Gasteiger partial charge in [0.2, 0.25) is 5.91 Å². The summed E-state index contributed by atoms with van der Waals surface area (Å²) in [5.41, 5.74) is 0. The lowest BCUT2D eigenvalue weighted by Crippen LogP contribution is -2.41. The first kappa shape index (κ1) is 11.6. The first-order valence-corrected chi connectivity index (χ1v) is 6.17. The minimum Gasteiger partial charge on any atom is -0.378 e. The normalized spacial score (nSPS) is 26.9. The molecule has 0 N–H and O–H groups in total. The molecule has 2 aliphatic rings. The summed E-state index contributed by atoms with van der Waals surface area (Å²) in [5.74, 6) is 0.268. The molecule has 90 valence electrons. The van der Waals surface area contributed by atoms with Crippen LogP contribution >= 0.6 is 0 Å². The molecule has 0 aromatic heterocycles. The molecular weight excluding hydrogens is 206 g/mol. The number of rotatable bonds is 2. The van der Waals surface area contributed by atoms with Gasteiger partial charge in [-0.05, 0) is 25.7 Å². The van der Waals surface area contributed by atoms with Crippen molar-refractivity contribution in [3.8, 4) is 0 Å². The molecule has 0 aromatic carbocycles.